The molecule has 1 fully saturated rings. The van der Waals surface area contributed by atoms with Gasteiger partial charge in [0, 0.05) is 12.6 Å². The summed E-state index contributed by atoms with van der Waals surface area (Å²) in [5.41, 5.74) is 12.2. The Morgan fingerprint density at radius 3 is 2.33 bits per heavy atom. The van der Waals surface area contributed by atoms with Crippen molar-refractivity contribution >= 4 is 53.0 Å². The molecule has 3 atom stereocenters. The van der Waals surface area contributed by atoms with Crippen molar-refractivity contribution in [3.05, 3.63) is 84.1 Å². The molecule has 0 aliphatic heterocycles. The zero-order valence-corrected chi connectivity index (χ0v) is 29.0. The van der Waals surface area contributed by atoms with E-state index in [2.05, 4.69) is 31.6 Å². The predicted molar refractivity (Wildman–Crippen MR) is 196 cm³/mol. The van der Waals surface area contributed by atoms with E-state index in [-0.39, 0.29) is 36.4 Å². The van der Waals surface area contributed by atoms with Gasteiger partial charge in [-0.25, -0.2) is 9.80 Å². The highest BCUT2D eigenvalue weighted by Crippen LogP contribution is 2.25. The van der Waals surface area contributed by atoms with Crippen LogP contribution in [0.15, 0.2) is 72.9 Å². The van der Waals surface area contributed by atoms with E-state index in [1.807, 2.05) is 36.3 Å². The molecule has 16 nitrogen and oxygen atoms in total. The van der Waals surface area contributed by atoms with Gasteiger partial charge in [-0.05, 0) is 55.0 Å². The summed E-state index contributed by atoms with van der Waals surface area (Å²) in [7, 11) is 0. The number of aromatic nitrogens is 3. The lowest BCUT2D eigenvalue weighted by Gasteiger charge is -2.36. The molecule has 0 bridgehead atoms. The number of hydrogen-bond acceptors (Lipinski definition) is 9. The summed E-state index contributed by atoms with van der Waals surface area (Å²) in [5.74, 6) is -0.827. The lowest BCUT2D eigenvalue weighted by molar-refractivity contribution is -0.131. The molecular weight excluding hydrogens is 666 g/mol. The molecule has 2 aromatic carbocycles. The second-order valence-corrected chi connectivity index (χ2v) is 12.4. The second kappa shape index (κ2) is 19.3. The van der Waals surface area contributed by atoms with Crippen molar-refractivity contribution in [1.29, 1.82) is 5.41 Å². The van der Waals surface area contributed by atoms with Crippen LogP contribution >= 0.6 is 0 Å². The third kappa shape index (κ3) is 11.2. The first-order valence-corrected chi connectivity index (χ1v) is 17.1. The van der Waals surface area contributed by atoms with Gasteiger partial charge in [-0.15, -0.1) is 5.10 Å². The van der Waals surface area contributed by atoms with Crippen LogP contribution in [0, 0.1) is 5.41 Å². The van der Waals surface area contributed by atoms with Crippen LogP contribution in [0.2, 0.25) is 0 Å². The summed E-state index contributed by atoms with van der Waals surface area (Å²) in [5, 5.41) is 27.6. The Labute approximate surface area is 301 Å². The molecule has 9 N–H and O–H groups in total. The van der Waals surface area contributed by atoms with Gasteiger partial charge in [0.1, 0.15) is 18.0 Å². The third-order valence-electron chi connectivity index (χ3n) is 8.38. The van der Waals surface area contributed by atoms with Gasteiger partial charge in [0.05, 0.1) is 23.9 Å². The number of benzene rings is 2. The molecule has 4 rings (SSSR count). The average molecular weight is 712 g/mol. The van der Waals surface area contributed by atoms with Crippen molar-refractivity contribution in [3.63, 3.8) is 0 Å². The summed E-state index contributed by atoms with van der Waals surface area (Å²) in [6.45, 7) is 1.70. The molecule has 0 saturated heterocycles. The van der Waals surface area contributed by atoms with Crippen LogP contribution in [0.1, 0.15) is 63.0 Å². The minimum Gasteiger partial charge on any atom is -0.370 e. The van der Waals surface area contributed by atoms with E-state index in [4.69, 9.17) is 16.9 Å². The number of carbonyl (C=O) groups is 4. The zero-order chi connectivity index (χ0) is 37.5. The molecule has 1 heterocycles. The van der Waals surface area contributed by atoms with E-state index < -0.39 is 41.8 Å². The van der Waals surface area contributed by atoms with Crippen LogP contribution in [-0.2, 0) is 24.0 Å². The van der Waals surface area contributed by atoms with Crippen LogP contribution in [0.5, 0.6) is 0 Å². The first-order valence-electron chi connectivity index (χ1n) is 17.1. The quantitative estimate of drug-likeness (QED) is 0.0368. The molecule has 1 aliphatic carbocycles. The molecule has 274 valence electrons. The molecule has 4 amide bonds. The van der Waals surface area contributed by atoms with Crippen molar-refractivity contribution in [2.24, 2.45) is 11.5 Å². The molecule has 1 aromatic heterocycles. The fourth-order valence-electron chi connectivity index (χ4n) is 5.73. The number of hydrogen-bond donors (Lipinski definition) is 7. The Bertz CT molecular complexity index is 1760. The van der Waals surface area contributed by atoms with Gasteiger partial charge in [-0.1, -0.05) is 79.9 Å². The van der Waals surface area contributed by atoms with Gasteiger partial charge < -0.3 is 32.7 Å². The molecule has 0 spiro atoms. The molecule has 52 heavy (non-hydrogen) atoms. The van der Waals surface area contributed by atoms with Gasteiger partial charge >= 0.3 is 0 Å². The van der Waals surface area contributed by atoms with Crippen molar-refractivity contribution in [2.75, 3.05) is 16.9 Å². The number of amides is 4. The number of guanidine groups is 1. The van der Waals surface area contributed by atoms with E-state index in [1.165, 1.54) is 29.0 Å². The lowest BCUT2D eigenvalue weighted by atomic mass is 9.93. The van der Waals surface area contributed by atoms with Crippen LogP contribution in [0.3, 0.4) is 0 Å². The Balaban J connectivity index is 1.67. The first kappa shape index (κ1) is 38.7. The molecule has 0 unspecified atom stereocenters. The topological polar surface area (TPSA) is 243 Å². The maximum absolute atomic E-state index is 14.8. The van der Waals surface area contributed by atoms with Crippen LogP contribution < -0.4 is 37.7 Å². The van der Waals surface area contributed by atoms with E-state index >= 15 is 0 Å². The normalized spacial score (nSPS) is 14.7. The monoisotopic (exact) mass is 711 g/mol. The van der Waals surface area contributed by atoms with E-state index in [0.29, 0.717) is 24.8 Å². The smallest absolute Gasteiger partial charge is 0.270 e. The van der Waals surface area contributed by atoms with Crippen molar-refractivity contribution in [3.8, 4) is 0 Å². The Hall–Kier alpha value is -6.12. The second-order valence-electron chi connectivity index (χ2n) is 12.4. The molecule has 1 saturated carbocycles. The summed E-state index contributed by atoms with van der Waals surface area (Å²) < 4.78 is 0. The fourth-order valence-corrected chi connectivity index (χ4v) is 5.73. The SMILES string of the molecule is C[C@H](N)C(=O)N[C@@H](CCCNC(=N)N)C(=O)N[C@H](C(=O)N(C1CCCCC1)n1cc(NC(=O)C=Cc2ccccc2)nn1)C(=C=O)c1ccccc1. The highest BCUT2D eigenvalue weighted by atomic mass is 16.2. The van der Waals surface area contributed by atoms with Crippen molar-refractivity contribution in [1.82, 2.24) is 31.1 Å². The molecule has 3 aromatic rings. The number of nitrogens with one attached hydrogen (secondary N) is 5. The highest BCUT2D eigenvalue weighted by Gasteiger charge is 2.38. The number of nitrogens with two attached hydrogens (primary N) is 2. The predicted octanol–water partition coefficient (Wildman–Crippen LogP) is 1.22. The van der Waals surface area contributed by atoms with Gasteiger partial charge in [0.25, 0.3) is 5.91 Å². The van der Waals surface area contributed by atoms with E-state index in [9.17, 15) is 24.0 Å². The summed E-state index contributed by atoms with van der Waals surface area (Å²) >= 11 is 0. The summed E-state index contributed by atoms with van der Waals surface area (Å²) in [6.07, 6.45) is 8.61. The number of carbonyl (C=O) groups excluding carboxylic acids is 5. The van der Waals surface area contributed by atoms with Crippen LogP contribution in [-0.4, -0.2) is 81.3 Å². The van der Waals surface area contributed by atoms with Gasteiger partial charge in [-0.2, -0.15) is 4.79 Å². The molecule has 1 aliphatic rings. The molecule has 0 radical (unpaired) electrons. The highest BCUT2D eigenvalue weighted by molar-refractivity contribution is 6.10. The van der Waals surface area contributed by atoms with Gasteiger partial charge in [0.15, 0.2) is 11.8 Å². The third-order valence-corrected chi connectivity index (χ3v) is 8.38. The minimum absolute atomic E-state index is 0.0731. The number of rotatable bonds is 16. The zero-order valence-electron chi connectivity index (χ0n) is 29.0. The molecule has 16 heteroatoms. The van der Waals surface area contributed by atoms with Crippen LogP contribution in [0.25, 0.3) is 11.6 Å². The van der Waals surface area contributed by atoms with Crippen molar-refractivity contribution < 1.29 is 24.0 Å². The summed E-state index contributed by atoms with van der Waals surface area (Å²) in [4.78, 5) is 68.0. The number of nitrogens with zero attached hydrogens (tertiary/aromatic N) is 4. The molecular formula is C36H45N11O5. The summed E-state index contributed by atoms with van der Waals surface area (Å²) in [6, 6.07) is 13.5. The van der Waals surface area contributed by atoms with Crippen LogP contribution in [0.4, 0.5) is 5.82 Å². The maximum Gasteiger partial charge on any atom is 0.270 e. The average Bonchev–Trinajstić information content (AvgIpc) is 3.60. The first-order chi connectivity index (χ1) is 25.1. The minimum atomic E-state index is -1.57. The maximum atomic E-state index is 14.8. The lowest BCUT2D eigenvalue weighted by Crippen LogP contribution is -2.60. The largest absolute Gasteiger partial charge is 0.370 e. The Morgan fingerprint density at radius 1 is 1.02 bits per heavy atom. The Morgan fingerprint density at radius 2 is 1.69 bits per heavy atom. The van der Waals surface area contributed by atoms with E-state index in [0.717, 1.165) is 24.8 Å². The standard InChI is InChI=1S/C36H45N11O5/c1-24(37)33(50)41-29(18-11-21-40-36(38)39)34(51)43-32(28(23-48)26-14-7-3-8-15-26)35(52)47(27-16-9-4-10-17-27)46-22-30(44-45-46)42-31(49)20-19-25-12-5-2-6-13-25/h2-3,5-8,12-15,19-20,22,24,27,29,32H,4,9-11,16-18,21,37H2,1H3,(H,41,50)(H,42,49)(H,43,51)(H4,38,39,40)/t24-,29-,32-/m0/s1. The van der Waals surface area contributed by atoms with Gasteiger partial charge in [-0.3, -0.25) is 24.6 Å². The van der Waals surface area contributed by atoms with Crippen molar-refractivity contribution in [2.45, 2.75) is 76.0 Å². The number of anilines is 1. The van der Waals surface area contributed by atoms with E-state index in [1.54, 1.807) is 36.4 Å². The Kier molecular flexibility index (Phi) is 14.4. The fraction of sp³-hybridized carbons (Fsp3) is 0.361. The van der Waals surface area contributed by atoms with Gasteiger partial charge in [0.2, 0.25) is 17.7 Å².